The fourth-order valence-corrected chi connectivity index (χ4v) is 3.04. The van der Waals surface area contributed by atoms with E-state index >= 15 is 0 Å². The molecule has 1 heterocycles. The zero-order chi connectivity index (χ0) is 7.31. The van der Waals surface area contributed by atoms with E-state index in [1.807, 2.05) is 0 Å². The smallest absolute Gasteiger partial charge is 0.00435 e. The zero-order valence-electron chi connectivity index (χ0n) is 7.10. The van der Waals surface area contributed by atoms with Gasteiger partial charge in [0.05, 0.1) is 0 Å². The molecular weight excluding hydrogens is 134 g/mol. The number of hydrogen-bond donors (Lipinski definition) is 1. The third-order valence-corrected chi connectivity index (χ3v) is 4.04. The first-order valence-electron chi connectivity index (χ1n) is 5.11. The SMILES string of the molecule is C1CC2(CCN1)CC2C1CC1. The summed E-state index contributed by atoms with van der Waals surface area (Å²) in [6.45, 7) is 2.59. The molecule has 1 N–H and O–H groups in total. The van der Waals surface area contributed by atoms with Gasteiger partial charge in [0, 0.05) is 0 Å². The molecule has 0 aromatic heterocycles. The molecule has 1 unspecified atom stereocenters. The summed E-state index contributed by atoms with van der Waals surface area (Å²) >= 11 is 0. The minimum atomic E-state index is 0.867. The summed E-state index contributed by atoms with van der Waals surface area (Å²) in [5.74, 6) is 2.35. The van der Waals surface area contributed by atoms with Crippen molar-refractivity contribution in [2.45, 2.75) is 32.1 Å². The first-order valence-corrected chi connectivity index (χ1v) is 5.11. The van der Waals surface area contributed by atoms with Gasteiger partial charge in [-0.15, -0.1) is 0 Å². The third kappa shape index (κ3) is 0.936. The molecule has 0 radical (unpaired) electrons. The van der Waals surface area contributed by atoms with Crippen molar-refractivity contribution in [3.05, 3.63) is 0 Å². The van der Waals surface area contributed by atoms with Gasteiger partial charge in [-0.25, -0.2) is 0 Å². The lowest BCUT2D eigenvalue weighted by molar-refractivity contribution is 0.312. The Morgan fingerprint density at radius 3 is 2.45 bits per heavy atom. The van der Waals surface area contributed by atoms with Crippen molar-refractivity contribution in [1.29, 1.82) is 0 Å². The van der Waals surface area contributed by atoms with Crippen LogP contribution in [0, 0.1) is 17.3 Å². The molecule has 1 nitrogen and oxygen atoms in total. The summed E-state index contributed by atoms with van der Waals surface area (Å²) < 4.78 is 0. The van der Waals surface area contributed by atoms with Crippen LogP contribution in [-0.2, 0) is 0 Å². The Labute approximate surface area is 68.6 Å². The molecule has 2 saturated carbocycles. The quantitative estimate of drug-likeness (QED) is 0.602. The molecule has 0 bridgehead atoms. The largest absolute Gasteiger partial charge is 0.317 e. The first kappa shape index (κ1) is 6.47. The molecule has 1 spiro atoms. The van der Waals surface area contributed by atoms with Gasteiger partial charge in [-0.05, 0) is 62.4 Å². The molecule has 62 valence electrons. The minimum Gasteiger partial charge on any atom is -0.317 e. The van der Waals surface area contributed by atoms with Gasteiger partial charge >= 0.3 is 0 Å². The predicted molar refractivity (Wildman–Crippen MR) is 45.4 cm³/mol. The molecule has 1 saturated heterocycles. The molecule has 3 aliphatic rings. The average molecular weight is 151 g/mol. The van der Waals surface area contributed by atoms with E-state index in [2.05, 4.69) is 5.32 Å². The van der Waals surface area contributed by atoms with Crippen LogP contribution in [0.3, 0.4) is 0 Å². The van der Waals surface area contributed by atoms with Gasteiger partial charge in [-0.1, -0.05) is 0 Å². The molecule has 3 rings (SSSR count). The van der Waals surface area contributed by atoms with Crippen LogP contribution in [0.1, 0.15) is 32.1 Å². The molecular formula is C10H17N. The number of rotatable bonds is 1. The molecule has 1 atom stereocenters. The van der Waals surface area contributed by atoms with Crippen molar-refractivity contribution in [2.75, 3.05) is 13.1 Å². The lowest BCUT2D eigenvalue weighted by Crippen LogP contribution is -2.29. The van der Waals surface area contributed by atoms with Gasteiger partial charge < -0.3 is 5.32 Å². The van der Waals surface area contributed by atoms with E-state index in [0.29, 0.717) is 0 Å². The van der Waals surface area contributed by atoms with Crippen LogP contribution in [0.4, 0.5) is 0 Å². The standard InChI is InChI=1S/C10H17N/c1-2-8(1)9-7-10(9)3-5-11-6-4-10/h8-9,11H,1-7H2. The molecule has 1 heteroatoms. The second-order valence-electron chi connectivity index (χ2n) is 4.76. The van der Waals surface area contributed by atoms with Gasteiger partial charge in [0.2, 0.25) is 0 Å². The van der Waals surface area contributed by atoms with Gasteiger partial charge in [0.1, 0.15) is 0 Å². The van der Waals surface area contributed by atoms with Gasteiger partial charge in [0.25, 0.3) is 0 Å². The van der Waals surface area contributed by atoms with E-state index < -0.39 is 0 Å². The lowest BCUT2D eigenvalue weighted by atomic mass is 9.90. The average Bonchev–Trinajstić information content (AvgIpc) is 2.86. The molecule has 3 fully saturated rings. The minimum absolute atomic E-state index is 0.867. The summed E-state index contributed by atoms with van der Waals surface area (Å²) in [6.07, 6.45) is 7.65. The second-order valence-corrected chi connectivity index (χ2v) is 4.76. The fraction of sp³-hybridized carbons (Fsp3) is 1.00. The van der Waals surface area contributed by atoms with Crippen LogP contribution in [0.25, 0.3) is 0 Å². The Bertz CT molecular complexity index is 166. The van der Waals surface area contributed by atoms with Crippen LogP contribution < -0.4 is 5.32 Å². The topological polar surface area (TPSA) is 12.0 Å². The molecule has 0 aromatic rings. The Hall–Kier alpha value is -0.0400. The summed E-state index contributed by atoms with van der Waals surface area (Å²) in [4.78, 5) is 0. The predicted octanol–water partition coefficient (Wildman–Crippen LogP) is 1.79. The maximum absolute atomic E-state index is 3.46. The monoisotopic (exact) mass is 151 g/mol. The normalized spacial score (nSPS) is 40.9. The third-order valence-electron chi connectivity index (χ3n) is 4.04. The lowest BCUT2D eigenvalue weighted by Gasteiger charge is -2.23. The van der Waals surface area contributed by atoms with E-state index in [4.69, 9.17) is 0 Å². The first-order chi connectivity index (χ1) is 5.41. The molecule has 1 aliphatic heterocycles. The van der Waals surface area contributed by atoms with Crippen molar-refractivity contribution in [3.63, 3.8) is 0 Å². The highest BCUT2D eigenvalue weighted by atomic mass is 14.9. The Morgan fingerprint density at radius 1 is 1.09 bits per heavy atom. The Kier molecular flexibility index (Phi) is 1.18. The van der Waals surface area contributed by atoms with Crippen molar-refractivity contribution < 1.29 is 0 Å². The summed E-state index contributed by atoms with van der Waals surface area (Å²) in [6, 6.07) is 0. The van der Waals surface area contributed by atoms with E-state index in [-0.39, 0.29) is 0 Å². The summed E-state index contributed by atoms with van der Waals surface area (Å²) in [7, 11) is 0. The van der Waals surface area contributed by atoms with E-state index in [1.165, 1.54) is 37.8 Å². The maximum atomic E-state index is 3.46. The van der Waals surface area contributed by atoms with Gasteiger partial charge in [0.15, 0.2) is 0 Å². The zero-order valence-corrected chi connectivity index (χ0v) is 7.10. The van der Waals surface area contributed by atoms with E-state index in [0.717, 1.165) is 5.41 Å². The van der Waals surface area contributed by atoms with Crippen molar-refractivity contribution in [1.82, 2.24) is 5.32 Å². The number of nitrogens with one attached hydrogen (secondary N) is 1. The highest BCUT2D eigenvalue weighted by Crippen LogP contribution is 2.66. The van der Waals surface area contributed by atoms with E-state index in [1.54, 1.807) is 19.3 Å². The number of piperidine rings is 1. The van der Waals surface area contributed by atoms with Crippen LogP contribution >= 0.6 is 0 Å². The Balaban J connectivity index is 1.67. The summed E-state index contributed by atoms with van der Waals surface area (Å²) in [5.41, 5.74) is 0.867. The molecule has 0 amide bonds. The van der Waals surface area contributed by atoms with Crippen LogP contribution in [0.5, 0.6) is 0 Å². The molecule has 2 aliphatic carbocycles. The van der Waals surface area contributed by atoms with Crippen LogP contribution in [-0.4, -0.2) is 13.1 Å². The fourth-order valence-electron chi connectivity index (χ4n) is 3.04. The van der Waals surface area contributed by atoms with Crippen molar-refractivity contribution in [3.8, 4) is 0 Å². The van der Waals surface area contributed by atoms with Gasteiger partial charge in [-0.3, -0.25) is 0 Å². The van der Waals surface area contributed by atoms with Gasteiger partial charge in [-0.2, -0.15) is 0 Å². The van der Waals surface area contributed by atoms with E-state index in [9.17, 15) is 0 Å². The highest BCUT2D eigenvalue weighted by Gasteiger charge is 2.58. The summed E-state index contributed by atoms with van der Waals surface area (Å²) in [5, 5.41) is 3.46. The molecule has 0 aromatic carbocycles. The van der Waals surface area contributed by atoms with Crippen LogP contribution in [0.15, 0.2) is 0 Å². The second kappa shape index (κ2) is 2.01. The highest BCUT2D eigenvalue weighted by molar-refractivity contribution is 5.09. The Morgan fingerprint density at radius 2 is 1.82 bits per heavy atom. The number of hydrogen-bond acceptors (Lipinski definition) is 1. The maximum Gasteiger partial charge on any atom is -0.00435 e. The van der Waals surface area contributed by atoms with Crippen molar-refractivity contribution in [2.24, 2.45) is 17.3 Å². The van der Waals surface area contributed by atoms with Crippen molar-refractivity contribution >= 4 is 0 Å². The molecule has 11 heavy (non-hydrogen) atoms. The van der Waals surface area contributed by atoms with Crippen LogP contribution in [0.2, 0.25) is 0 Å².